The van der Waals surface area contributed by atoms with Crippen LogP contribution in [0.3, 0.4) is 0 Å². The molecule has 82 valence electrons. The van der Waals surface area contributed by atoms with E-state index in [1.807, 2.05) is 6.92 Å². The molecular formula is C12H12N2O2. The highest BCUT2D eigenvalue weighted by molar-refractivity contribution is 6.03. The third-order valence-electron chi connectivity index (χ3n) is 2.55. The van der Waals surface area contributed by atoms with E-state index in [4.69, 9.17) is 0 Å². The number of nitrogens with zero attached hydrogens (tertiary/aromatic N) is 2. The van der Waals surface area contributed by atoms with Gasteiger partial charge in [-0.25, -0.2) is 4.98 Å². The molecule has 1 N–H and O–H groups in total. The van der Waals surface area contributed by atoms with E-state index in [0.29, 0.717) is 23.0 Å². The number of aromatic nitrogens is 2. The lowest BCUT2D eigenvalue weighted by Crippen LogP contribution is -2.01. The fraction of sp³-hybridized carbons (Fsp3) is 0.250. The molecule has 4 heteroatoms. The molecule has 2 rings (SSSR count). The van der Waals surface area contributed by atoms with Crippen LogP contribution in [0.25, 0.3) is 11.0 Å². The van der Waals surface area contributed by atoms with Crippen molar-refractivity contribution in [1.82, 2.24) is 9.97 Å². The van der Waals surface area contributed by atoms with Crippen molar-refractivity contribution in [3.05, 3.63) is 29.6 Å². The zero-order chi connectivity index (χ0) is 11.7. The molecule has 0 fully saturated rings. The van der Waals surface area contributed by atoms with Crippen molar-refractivity contribution < 1.29 is 9.90 Å². The van der Waals surface area contributed by atoms with Crippen molar-refractivity contribution in [3.8, 4) is 5.75 Å². The summed E-state index contributed by atoms with van der Waals surface area (Å²) in [5, 5.41) is 10.0. The van der Waals surface area contributed by atoms with Gasteiger partial charge in [-0.1, -0.05) is 6.92 Å². The molecule has 0 bridgehead atoms. The Morgan fingerprint density at radius 1 is 1.38 bits per heavy atom. The van der Waals surface area contributed by atoms with Gasteiger partial charge in [0, 0.05) is 12.4 Å². The van der Waals surface area contributed by atoms with Crippen LogP contribution in [-0.4, -0.2) is 20.9 Å². The van der Waals surface area contributed by atoms with Gasteiger partial charge >= 0.3 is 0 Å². The van der Waals surface area contributed by atoms with E-state index in [-0.39, 0.29) is 11.5 Å². The molecule has 0 spiro atoms. The molecule has 0 saturated heterocycles. The second-order valence-corrected chi connectivity index (χ2v) is 3.59. The van der Waals surface area contributed by atoms with Gasteiger partial charge in [0.1, 0.15) is 5.52 Å². The number of ketones is 1. The van der Waals surface area contributed by atoms with Crippen LogP contribution in [0, 0.1) is 0 Å². The Labute approximate surface area is 93.0 Å². The maximum absolute atomic E-state index is 11.5. The van der Waals surface area contributed by atoms with Crippen LogP contribution in [0.5, 0.6) is 5.75 Å². The van der Waals surface area contributed by atoms with Gasteiger partial charge in [0.25, 0.3) is 0 Å². The number of hydrogen-bond donors (Lipinski definition) is 1. The SMILES string of the molecule is CCc1cc2nccnc2c(O)c1C(C)=O. The Kier molecular flexibility index (Phi) is 2.56. The van der Waals surface area contributed by atoms with Crippen LogP contribution in [0.1, 0.15) is 29.8 Å². The minimum absolute atomic E-state index is 0.0602. The van der Waals surface area contributed by atoms with Crippen molar-refractivity contribution in [2.75, 3.05) is 0 Å². The van der Waals surface area contributed by atoms with Crippen molar-refractivity contribution in [2.24, 2.45) is 0 Å². The monoisotopic (exact) mass is 216 g/mol. The molecule has 0 radical (unpaired) electrons. The summed E-state index contributed by atoms with van der Waals surface area (Å²) in [5.74, 6) is -0.211. The molecule has 1 aromatic heterocycles. The zero-order valence-corrected chi connectivity index (χ0v) is 9.19. The highest BCUT2D eigenvalue weighted by atomic mass is 16.3. The summed E-state index contributed by atoms with van der Waals surface area (Å²) in [6, 6.07) is 1.80. The number of benzene rings is 1. The number of hydrogen-bond acceptors (Lipinski definition) is 4. The second-order valence-electron chi connectivity index (χ2n) is 3.59. The minimum atomic E-state index is -0.151. The van der Waals surface area contributed by atoms with Crippen molar-refractivity contribution in [3.63, 3.8) is 0 Å². The number of aryl methyl sites for hydroxylation is 1. The Bertz CT molecular complexity index is 564. The summed E-state index contributed by atoms with van der Waals surface area (Å²) < 4.78 is 0. The van der Waals surface area contributed by atoms with E-state index < -0.39 is 0 Å². The average molecular weight is 216 g/mol. The van der Waals surface area contributed by atoms with Crippen LogP contribution in [0.2, 0.25) is 0 Å². The molecule has 0 atom stereocenters. The van der Waals surface area contributed by atoms with Gasteiger partial charge in [0.05, 0.1) is 11.1 Å². The molecule has 2 aromatic rings. The number of carbonyl (C=O) groups excluding carboxylic acids is 1. The Balaban J connectivity index is 2.87. The van der Waals surface area contributed by atoms with Crippen LogP contribution < -0.4 is 0 Å². The predicted molar refractivity (Wildman–Crippen MR) is 60.6 cm³/mol. The van der Waals surface area contributed by atoms with E-state index in [1.165, 1.54) is 13.1 Å². The lowest BCUT2D eigenvalue weighted by molar-refractivity contribution is 0.101. The van der Waals surface area contributed by atoms with E-state index in [1.54, 1.807) is 12.3 Å². The van der Waals surface area contributed by atoms with Crippen LogP contribution in [0.4, 0.5) is 0 Å². The fourth-order valence-corrected chi connectivity index (χ4v) is 1.82. The number of carbonyl (C=O) groups is 1. The van der Waals surface area contributed by atoms with Gasteiger partial charge < -0.3 is 5.11 Å². The molecule has 16 heavy (non-hydrogen) atoms. The number of fused-ring (bicyclic) bond motifs is 1. The van der Waals surface area contributed by atoms with Gasteiger partial charge in [-0.2, -0.15) is 0 Å². The first-order chi connectivity index (χ1) is 7.65. The number of aromatic hydroxyl groups is 1. The van der Waals surface area contributed by atoms with Crippen LogP contribution in [0.15, 0.2) is 18.5 Å². The molecule has 0 saturated carbocycles. The Hall–Kier alpha value is -1.97. The average Bonchev–Trinajstić information content (AvgIpc) is 2.28. The highest BCUT2D eigenvalue weighted by Gasteiger charge is 2.16. The molecule has 0 unspecified atom stereocenters. The van der Waals surface area contributed by atoms with Crippen molar-refractivity contribution in [1.29, 1.82) is 0 Å². The zero-order valence-electron chi connectivity index (χ0n) is 9.19. The first-order valence-corrected chi connectivity index (χ1v) is 5.11. The largest absolute Gasteiger partial charge is 0.505 e. The van der Waals surface area contributed by atoms with E-state index in [0.717, 1.165) is 5.56 Å². The lowest BCUT2D eigenvalue weighted by atomic mass is 9.99. The lowest BCUT2D eigenvalue weighted by Gasteiger charge is -2.09. The van der Waals surface area contributed by atoms with Gasteiger partial charge in [-0.05, 0) is 25.0 Å². The van der Waals surface area contributed by atoms with E-state index in [9.17, 15) is 9.90 Å². The smallest absolute Gasteiger partial charge is 0.163 e. The molecule has 1 aromatic carbocycles. The topological polar surface area (TPSA) is 63.1 Å². The molecule has 0 aliphatic rings. The third-order valence-corrected chi connectivity index (χ3v) is 2.55. The summed E-state index contributed by atoms with van der Waals surface area (Å²) in [5.41, 5.74) is 2.15. The molecule has 0 aliphatic carbocycles. The van der Waals surface area contributed by atoms with Gasteiger partial charge in [0.15, 0.2) is 11.5 Å². The second kappa shape index (κ2) is 3.89. The molecule has 4 nitrogen and oxygen atoms in total. The van der Waals surface area contributed by atoms with E-state index >= 15 is 0 Å². The van der Waals surface area contributed by atoms with Crippen molar-refractivity contribution >= 4 is 16.8 Å². The van der Waals surface area contributed by atoms with Gasteiger partial charge in [-0.15, -0.1) is 0 Å². The standard InChI is InChI=1S/C12H12N2O2/c1-3-8-6-9-11(14-5-4-13-9)12(16)10(8)7(2)15/h4-6,16H,3H2,1-2H3. The maximum Gasteiger partial charge on any atom is 0.163 e. The summed E-state index contributed by atoms with van der Waals surface area (Å²) in [4.78, 5) is 19.6. The number of phenolic OH excluding ortho intramolecular Hbond substituents is 1. The molecule has 0 aliphatic heterocycles. The normalized spacial score (nSPS) is 10.6. The van der Waals surface area contributed by atoms with Gasteiger partial charge in [-0.3, -0.25) is 9.78 Å². The van der Waals surface area contributed by atoms with Crippen LogP contribution in [-0.2, 0) is 6.42 Å². The molecule has 0 amide bonds. The summed E-state index contributed by atoms with van der Waals surface area (Å²) >= 11 is 0. The third kappa shape index (κ3) is 1.52. The van der Waals surface area contributed by atoms with E-state index in [2.05, 4.69) is 9.97 Å². The first-order valence-electron chi connectivity index (χ1n) is 5.11. The minimum Gasteiger partial charge on any atom is -0.505 e. The predicted octanol–water partition coefficient (Wildman–Crippen LogP) is 2.10. The van der Waals surface area contributed by atoms with Crippen LogP contribution >= 0.6 is 0 Å². The fourth-order valence-electron chi connectivity index (χ4n) is 1.82. The number of Topliss-reactive ketones (excluding diaryl/α,β-unsaturated/α-hetero) is 1. The summed E-state index contributed by atoms with van der Waals surface area (Å²) in [6.07, 6.45) is 3.74. The first kappa shape index (κ1) is 10.5. The Morgan fingerprint density at radius 2 is 2.06 bits per heavy atom. The van der Waals surface area contributed by atoms with Crippen molar-refractivity contribution in [2.45, 2.75) is 20.3 Å². The quantitative estimate of drug-likeness (QED) is 0.781. The Morgan fingerprint density at radius 3 is 2.69 bits per heavy atom. The summed E-state index contributed by atoms with van der Waals surface area (Å²) in [7, 11) is 0. The highest BCUT2D eigenvalue weighted by Crippen LogP contribution is 2.29. The maximum atomic E-state index is 11.5. The molecular weight excluding hydrogens is 204 g/mol. The molecule has 1 heterocycles. The number of rotatable bonds is 2. The number of phenols is 1. The summed E-state index contributed by atoms with van der Waals surface area (Å²) in [6.45, 7) is 3.37. The van der Waals surface area contributed by atoms with Gasteiger partial charge in [0.2, 0.25) is 0 Å².